The molecule has 2 atom stereocenters. The standard InChI is InChI=1S/C7H13IN2O/c1-5(8)6(4-11)3-7(9)10-2/h4-6H,3H2,1-2H3,(H2,9,10)/t5-,6?/m1/s1. The number of halogens is 1. The molecule has 0 aromatic heterocycles. The summed E-state index contributed by atoms with van der Waals surface area (Å²) in [4.78, 5) is 14.3. The predicted octanol–water partition coefficient (Wildman–Crippen LogP) is 1.00. The fourth-order valence-electron chi connectivity index (χ4n) is 0.652. The van der Waals surface area contributed by atoms with Crippen molar-refractivity contribution in [1.29, 1.82) is 0 Å². The zero-order valence-corrected chi connectivity index (χ0v) is 8.91. The number of aliphatic imine (C=N–C) groups is 1. The van der Waals surface area contributed by atoms with Crippen LogP contribution in [-0.4, -0.2) is 23.1 Å². The summed E-state index contributed by atoms with van der Waals surface area (Å²) in [5.41, 5.74) is 5.48. The number of rotatable bonds is 4. The van der Waals surface area contributed by atoms with Gasteiger partial charge >= 0.3 is 0 Å². The molecule has 0 rings (SSSR count). The lowest BCUT2D eigenvalue weighted by molar-refractivity contribution is -0.110. The molecule has 0 saturated heterocycles. The van der Waals surface area contributed by atoms with Gasteiger partial charge in [0.15, 0.2) is 0 Å². The first-order valence-electron chi connectivity index (χ1n) is 3.42. The van der Waals surface area contributed by atoms with E-state index in [1.54, 1.807) is 7.05 Å². The molecule has 0 saturated carbocycles. The smallest absolute Gasteiger partial charge is 0.124 e. The highest BCUT2D eigenvalue weighted by Crippen LogP contribution is 2.14. The number of nitrogens with zero attached hydrogens (tertiary/aromatic N) is 1. The SMILES string of the molecule is CN=C(N)CC(C=O)[C@@H](C)I. The summed E-state index contributed by atoms with van der Waals surface area (Å²) in [5.74, 6) is 0.546. The number of hydrogen-bond donors (Lipinski definition) is 1. The van der Waals surface area contributed by atoms with Crippen LogP contribution in [0.25, 0.3) is 0 Å². The largest absolute Gasteiger partial charge is 0.387 e. The van der Waals surface area contributed by atoms with Crippen LogP contribution in [0.1, 0.15) is 13.3 Å². The van der Waals surface area contributed by atoms with Crippen LogP contribution in [0.4, 0.5) is 0 Å². The first-order chi connectivity index (χ1) is 5.11. The Morgan fingerprint density at radius 1 is 1.82 bits per heavy atom. The molecule has 0 aromatic carbocycles. The molecule has 0 aliphatic carbocycles. The summed E-state index contributed by atoms with van der Waals surface area (Å²) in [6.45, 7) is 1.99. The summed E-state index contributed by atoms with van der Waals surface area (Å²) < 4.78 is 0.311. The van der Waals surface area contributed by atoms with Gasteiger partial charge < -0.3 is 10.5 Å². The van der Waals surface area contributed by atoms with Crippen LogP contribution >= 0.6 is 22.6 Å². The maximum absolute atomic E-state index is 10.5. The van der Waals surface area contributed by atoms with E-state index < -0.39 is 0 Å². The summed E-state index contributed by atoms with van der Waals surface area (Å²) >= 11 is 2.21. The Kier molecular flexibility index (Phi) is 5.45. The molecule has 3 nitrogen and oxygen atoms in total. The van der Waals surface area contributed by atoms with Crippen LogP contribution in [0.5, 0.6) is 0 Å². The highest BCUT2D eigenvalue weighted by molar-refractivity contribution is 14.1. The zero-order valence-electron chi connectivity index (χ0n) is 6.75. The third kappa shape index (κ3) is 4.34. The van der Waals surface area contributed by atoms with Crippen LogP contribution < -0.4 is 5.73 Å². The van der Waals surface area contributed by atoms with Crippen molar-refractivity contribution in [2.24, 2.45) is 16.6 Å². The molecule has 1 unspecified atom stereocenters. The molecule has 64 valence electrons. The normalized spacial score (nSPS) is 17.5. The molecule has 0 aliphatic rings. The topological polar surface area (TPSA) is 55.4 Å². The maximum atomic E-state index is 10.5. The first kappa shape index (κ1) is 10.9. The Morgan fingerprint density at radius 2 is 2.36 bits per heavy atom. The molecule has 11 heavy (non-hydrogen) atoms. The lowest BCUT2D eigenvalue weighted by atomic mass is 10.0. The molecule has 2 N–H and O–H groups in total. The van der Waals surface area contributed by atoms with E-state index in [0.717, 1.165) is 6.29 Å². The third-order valence-corrected chi connectivity index (χ3v) is 2.42. The van der Waals surface area contributed by atoms with Crippen molar-refractivity contribution in [1.82, 2.24) is 0 Å². The van der Waals surface area contributed by atoms with E-state index in [4.69, 9.17) is 5.73 Å². The Bertz CT molecular complexity index is 157. The molecule has 0 spiro atoms. The minimum absolute atomic E-state index is 0.000648. The minimum Gasteiger partial charge on any atom is -0.387 e. The van der Waals surface area contributed by atoms with Crippen LogP contribution in [-0.2, 0) is 4.79 Å². The quantitative estimate of drug-likeness (QED) is 0.272. The molecule has 0 amide bonds. The lowest BCUT2D eigenvalue weighted by Gasteiger charge is -2.11. The van der Waals surface area contributed by atoms with E-state index in [1.165, 1.54) is 0 Å². The summed E-state index contributed by atoms with van der Waals surface area (Å²) in [7, 11) is 1.63. The number of carbonyl (C=O) groups is 1. The Hall–Kier alpha value is -0.130. The van der Waals surface area contributed by atoms with Crippen molar-refractivity contribution in [2.75, 3.05) is 7.05 Å². The van der Waals surface area contributed by atoms with Crippen LogP contribution in [0.15, 0.2) is 4.99 Å². The van der Waals surface area contributed by atoms with Gasteiger partial charge in [0.2, 0.25) is 0 Å². The van der Waals surface area contributed by atoms with E-state index in [2.05, 4.69) is 27.6 Å². The van der Waals surface area contributed by atoms with Crippen LogP contribution in [0, 0.1) is 5.92 Å². The first-order valence-corrected chi connectivity index (χ1v) is 4.66. The van der Waals surface area contributed by atoms with Gasteiger partial charge in [-0.2, -0.15) is 0 Å². The van der Waals surface area contributed by atoms with Gasteiger partial charge in [-0.15, -0.1) is 0 Å². The molecular weight excluding hydrogens is 255 g/mol. The summed E-state index contributed by atoms with van der Waals surface area (Å²) in [6, 6.07) is 0. The number of amidine groups is 1. The Morgan fingerprint density at radius 3 is 2.64 bits per heavy atom. The molecule has 0 aromatic rings. The third-order valence-electron chi connectivity index (χ3n) is 1.50. The molecule has 4 heteroatoms. The van der Waals surface area contributed by atoms with Gasteiger partial charge in [-0.05, 0) is 0 Å². The van der Waals surface area contributed by atoms with E-state index >= 15 is 0 Å². The zero-order chi connectivity index (χ0) is 8.85. The van der Waals surface area contributed by atoms with Crippen molar-refractivity contribution in [3.05, 3.63) is 0 Å². The summed E-state index contributed by atoms with van der Waals surface area (Å²) in [6.07, 6.45) is 1.51. The molecular formula is C7H13IN2O. The van der Waals surface area contributed by atoms with Crippen molar-refractivity contribution in [2.45, 2.75) is 17.3 Å². The van der Waals surface area contributed by atoms with E-state index in [-0.39, 0.29) is 5.92 Å². The number of alkyl halides is 1. The highest BCUT2D eigenvalue weighted by atomic mass is 127. The molecule has 0 fully saturated rings. The maximum Gasteiger partial charge on any atom is 0.124 e. The van der Waals surface area contributed by atoms with Gasteiger partial charge in [-0.1, -0.05) is 29.5 Å². The second-order valence-corrected chi connectivity index (χ2v) is 4.36. The lowest BCUT2D eigenvalue weighted by Crippen LogP contribution is -2.22. The van der Waals surface area contributed by atoms with Crippen LogP contribution in [0.3, 0.4) is 0 Å². The monoisotopic (exact) mass is 268 g/mol. The van der Waals surface area contributed by atoms with E-state index in [9.17, 15) is 4.79 Å². The van der Waals surface area contributed by atoms with E-state index in [0.29, 0.717) is 16.2 Å². The highest BCUT2D eigenvalue weighted by Gasteiger charge is 2.14. The molecule has 0 aliphatic heterocycles. The van der Waals surface area contributed by atoms with Gasteiger partial charge in [-0.3, -0.25) is 4.99 Å². The van der Waals surface area contributed by atoms with Gasteiger partial charge in [-0.25, -0.2) is 0 Å². The number of hydrogen-bond acceptors (Lipinski definition) is 2. The molecule has 0 heterocycles. The predicted molar refractivity (Wildman–Crippen MR) is 55.2 cm³/mol. The van der Waals surface area contributed by atoms with Crippen LogP contribution in [0.2, 0.25) is 0 Å². The van der Waals surface area contributed by atoms with E-state index in [1.807, 2.05) is 6.92 Å². The average molecular weight is 268 g/mol. The Balaban J connectivity index is 3.98. The number of nitrogens with two attached hydrogens (primary N) is 1. The second kappa shape index (κ2) is 5.51. The van der Waals surface area contributed by atoms with Crippen molar-refractivity contribution >= 4 is 34.7 Å². The van der Waals surface area contributed by atoms with Gasteiger partial charge in [0, 0.05) is 23.3 Å². The number of carbonyl (C=O) groups excluding carboxylic acids is 1. The van der Waals surface area contributed by atoms with Gasteiger partial charge in [0.05, 0.1) is 5.84 Å². The Labute approximate surface area is 80.6 Å². The number of aldehydes is 1. The fraction of sp³-hybridized carbons (Fsp3) is 0.714. The van der Waals surface area contributed by atoms with Gasteiger partial charge in [0.1, 0.15) is 6.29 Å². The average Bonchev–Trinajstić information content (AvgIpc) is 1.99. The van der Waals surface area contributed by atoms with Crippen molar-refractivity contribution < 1.29 is 4.79 Å². The summed E-state index contributed by atoms with van der Waals surface area (Å²) in [5, 5.41) is 0. The fourth-order valence-corrected chi connectivity index (χ4v) is 1.08. The molecule has 0 radical (unpaired) electrons. The van der Waals surface area contributed by atoms with Crippen molar-refractivity contribution in [3.8, 4) is 0 Å². The second-order valence-electron chi connectivity index (χ2n) is 2.40. The van der Waals surface area contributed by atoms with Gasteiger partial charge in [0.25, 0.3) is 0 Å². The minimum atomic E-state index is -0.000648. The van der Waals surface area contributed by atoms with Crippen molar-refractivity contribution in [3.63, 3.8) is 0 Å². The molecule has 0 bridgehead atoms.